The number of hydrogen-bond donors (Lipinski definition) is 0. The van der Waals surface area contributed by atoms with Crippen molar-refractivity contribution in [2.24, 2.45) is 0 Å². The standard InChI is InChI=1S/C30H36N2S2/c1-31(2)21-23-33-29-11-7-5-9-27(29)19-17-25-13-15-26(16-14-25)18-20-28-10-6-8-12-30(28)34-24-22-32(3)4/h5-20H,21-24H2,1-4H3/b19-17+,20-18+. The zero-order valence-corrected chi connectivity index (χ0v) is 22.4. The van der Waals surface area contributed by atoms with Crippen molar-refractivity contribution in [1.29, 1.82) is 0 Å². The lowest BCUT2D eigenvalue weighted by Gasteiger charge is -2.10. The number of thioether (sulfide) groups is 2. The summed E-state index contributed by atoms with van der Waals surface area (Å²) in [5.74, 6) is 2.19. The Morgan fingerprint density at radius 2 is 0.912 bits per heavy atom. The molecule has 0 aliphatic heterocycles. The molecule has 0 aromatic heterocycles. The van der Waals surface area contributed by atoms with E-state index in [1.807, 2.05) is 23.5 Å². The van der Waals surface area contributed by atoms with Gasteiger partial charge in [-0.3, -0.25) is 0 Å². The van der Waals surface area contributed by atoms with E-state index in [1.165, 1.54) is 32.0 Å². The Kier molecular flexibility index (Phi) is 11.0. The second-order valence-electron chi connectivity index (χ2n) is 8.71. The number of benzene rings is 3. The van der Waals surface area contributed by atoms with Crippen LogP contribution in [0.5, 0.6) is 0 Å². The summed E-state index contributed by atoms with van der Waals surface area (Å²) in [6, 6.07) is 26.0. The van der Waals surface area contributed by atoms with Crippen LogP contribution in [0.3, 0.4) is 0 Å². The minimum Gasteiger partial charge on any atom is -0.309 e. The summed E-state index contributed by atoms with van der Waals surface area (Å²) in [7, 11) is 8.48. The normalized spacial score (nSPS) is 11.9. The van der Waals surface area contributed by atoms with E-state index in [9.17, 15) is 0 Å². The Balaban J connectivity index is 1.62. The average Bonchev–Trinajstić information content (AvgIpc) is 2.83. The number of nitrogens with zero attached hydrogens (tertiary/aromatic N) is 2. The minimum absolute atomic E-state index is 1.08. The highest BCUT2D eigenvalue weighted by Crippen LogP contribution is 2.26. The summed E-state index contributed by atoms with van der Waals surface area (Å²) < 4.78 is 0. The summed E-state index contributed by atoms with van der Waals surface area (Å²) in [4.78, 5) is 7.12. The summed E-state index contributed by atoms with van der Waals surface area (Å²) in [6.45, 7) is 2.16. The van der Waals surface area contributed by atoms with E-state index < -0.39 is 0 Å². The summed E-state index contributed by atoms with van der Waals surface area (Å²) in [6.07, 6.45) is 8.86. The fourth-order valence-corrected chi connectivity index (χ4v) is 5.57. The maximum absolute atomic E-state index is 2.23. The zero-order valence-electron chi connectivity index (χ0n) is 20.8. The van der Waals surface area contributed by atoms with Crippen molar-refractivity contribution in [2.75, 3.05) is 52.8 Å². The van der Waals surface area contributed by atoms with Crippen LogP contribution in [0.1, 0.15) is 22.3 Å². The van der Waals surface area contributed by atoms with Crippen LogP contribution in [0, 0.1) is 0 Å². The number of hydrogen-bond acceptors (Lipinski definition) is 4. The van der Waals surface area contributed by atoms with E-state index in [0.717, 1.165) is 24.6 Å². The molecule has 0 bridgehead atoms. The Labute approximate surface area is 214 Å². The van der Waals surface area contributed by atoms with E-state index in [0.29, 0.717) is 0 Å². The van der Waals surface area contributed by atoms with Crippen molar-refractivity contribution in [3.05, 3.63) is 95.1 Å². The first-order valence-electron chi connectivity index (χ1n) is 11.7. The SMILES string of the molecule is CN(C)CCSc1ccccc1/C=C/c1ccc(/C=C/c2ccccc2SCCN(C)C)cc1. The van der Waals surface area contributed by atoms with Crippen LogP contribution in [0.25, 0.3) is 24.3 Å². The lowest BCUT2D eigenvalue weighted by molar-refractivity contribution is 0.437. The smallest absolute Gasteiger partial charge is 0.0145 e. The van der Waals surface area contributed by atoms with Gasteiger partial charge >= 0.3 is 0 Å². The van der Waals surface area contributed by atoms with Gasteiger partial charge in [-0.05, 0) is 62.6 Å². The lowest BCUT2D eigenvalue weighted by Crippen LogP contribution is -2.14. The van der Waals surface area contributed by atoms with Gasteiger partial charge in [-0.15, -0.1) is 23.5 Å². The molecule has 0 amide bonds. The summed E-state index contributed by atoms with van der Waals surface area (Å²) in [5.41, 5.74) is 4.98. The third-order valence-corrected chi connectivity index (χ3v) is 7.42. The van der Waals surface area contributed by atoms with Crippen molar-refractivity contribution in [3.63, 3.8) is 0 Å². The molecule has 2 nitrogen and oxygen atoms in total. The molecule has 3 aromatic rings. The fourth-order valence-electron chi connectivity index (χ4n) is 3.27. The highest BCUT2D eigenvalue weighted by molar-refractivity contribution is 7.99. The maximum atomic E-state index is 2.23. The fraction of sp³-hybridized carbons (Fsp3) is 0.267. The van der Waals surface area contributed by atoms with Crippen molar-refractivity contribution in [1.82, 2.24) is 9.80 Å². The van der Waals surface area contributed by atoms with Crippen LogP contribution in [-0.2, 0) is 0 Å². The first kappa shape index (κ1) is 26.4. The van der Waals surface area contributed by atoms with Crippen molar-refractivity contribution >= 4 is 47.8 Å². The van der Waals surface area contributed by atoms with E-state index >= 15 is 0 Å². The summed E-state index contributed by atoms with van der Waals surface area (Å²) in [5, 5.41) is 0. The highest BCUT2D eigenvalue weighted by Gasteiger charge is 2.02. The van der Waals surface area contributed by atoms with Crippen LogP contribution in [0.2, 0.25) is 0 Å². The zero-order chi connectivity index (χ0) is 24.2. The van der Waals surface area contributed by atoms with Gasteiger partial charge in [-0.25, -0.2) is 0 Å². The Morgan fingerprint density at radius 1 is 0.529 bits per heavy atom. The van der Waals surface area contributed by atoms with Gasteiger partial charge in [-0.2, -0.15) is 0 Å². The maximum Gasteiger partial charge on any atom is 0.0145 e. The van der Waals surface area contributed by atoms with E-state index in [2.05, 4.69) is 135 Å². The van der Waals surface area contributed by atoms with Crippen molar-refractivity contribution < 1.29 is 0 Å². The van der Waals surface area contributed by atoms with Crippen LogP contribution < -0.4 is 0 Å². The monoisotopic (exact) mass is 488 g/mol. The van der Waals surface area contributed by atoms with Gasteiger partial charge in [0.1, 0.15) is 0 Å². The third-order valence-electron chi connectivity index (χ3n) is 5.28. The molecule has 0 aliphatic carbocycles. The van der Waals surface area contributed by atoms with E-state index in [-0.39, 0.29) is 0 Å². The molecule has 3 rings (SSSR count). The van der Waals surface area contributed by atoms with Gasteiger partial charge < -0.3 is 9.80 Å². The van der Waals surface area contributed by atoms with Gasteiger partial charge in [0, 0.05) is 34.4 Å². The Morgan fingerprint density at radius 3 is 1.29 bits per heavy atom. The predicted molar refractivity (Wildman–Crippen MR) is 156 cm³/mol. The quantitative estimate of drug-likeness (QED) is 0.194. The second-order valence-corrected chi connectivity index (χ2v) is 11.0. The highest BCUT2D eigenvalue weighted by atomic mass is 32.2. The first-order chi connectivity index (χ1) is 16.5. The summed E-state index contributed by atoms with van der Waals surface area (Å²) >= 11 is 3.84. The Bertz CT molecular complexity index is 983. The molecule has 0 N–H and O–H groups in total. The molecule has 0 fully saturated rings. The number of rotatable bonds is 12. The van der Waals surface area contributed by atoms with Crippen molar-refractivity contribution in [2.45, 2.75) is 9.79 Å². The molecule has 0 heterocycles. The van der Waals surface area contributed by atoms with Gasteiger partial charge in [0.15, 0.2) is 0 Å². The topological polar surface area (TPSA) is 6.48 Å². The van der Waals surface area contributed by atoms with E-state index in [1.54, 1.807) is 0 Å². The van der Waals surface area contributed by atoms with Crippen molar-refractivity contribution in [3.8, 4) is 0 Å². The first-order valence-corrected chi connectivity index (χ1v) is 13.7. The molecule has 178 valence electrons. The van der Waals surface area contributed by atoms with Crippen LogP contribution >= 0.6 is 23.5 Å². The molecule has 34 heavy (non-hydrogen) atoms. The third kappa shape index (κ3) is 9.19. The van der Waals surface area contributed by atoms with Crippen LogP contribution in [-0.4, -0.2) is 62.6 Å². The molecule has 0 unspecified atom stereocenters. The van der Waals surface area contributed by atoms with Crippen LogP contribution in [0.4, 0.5) is 0 Å². The van der Waals surface area contributed by atoms with Crippen LogP contribution in [0.15, 0.2) is 82.6 Å². The molecule has 3 aromatic carbocycles. The Hall–Kier alpha value is -2.24. The molecule has 0 saturated heterocycles. The molecule has 0 saturated carbocycles. The molecule has 0 spiro atoms. The molecular formula is C30H36N2S2. The average molecular weight is 489 g/mol. The molecule has 0 atom stereocenters. The molecule has 4 heteroatoms. The lowest BCUT2D eigenvalue weighted by atomic mass is 10.1. The van der Waals surface area contributed by atoms with E-state index in [4.69, 9.17) is 0 Å². The molecule has 0 aliphatic rings. The van der Waals surface area contributed by atoms with Gasteiger partial charge in [-0.1, -0.05) is 85.0 Å². The minimum atomic E-state index is 1.08. The van der Waals surface area contributed by atoms with Gasteiger partial charge in [0.2, 0.25) is 0 Å². The molecule has 0 radical (unpaired) electrons. The predicted octanol–water partition coefficient (Wildman–Crippen LogP) is 7.33. The van der Waals surface area contributed by atoms with Gasteiger partial charge in [0.25, 0.3) is 0 Å². The van der Waals surface area contributed by atoms with Gasteiger partial charge in [0.05, 0.1) is 0 Å². The molecular weight excluding hydrogens is 452 g/mol. The largest absolute Gasteiger partial charge is 0.309 e. The second kappa shape index (κ2) is 14.2.